The summed E-state index contributed by atoms with van der Waals surface area (Å²) >= 11 is 0. The molecule has 8 heteroatoms. The molecule has 0 saturated carbocycles. The van der Waals surface area contributed by atoms with E-state index in [-0.39, 0.29) is 24.0 Å². The van der Waals surface area contributed by atoms with E-state index in [9.17, 15) is 20.1 Å². The van der Waals surface area contributed by atoms with Crippen molar-refractivity contribution in [2.45, 2.75) is 18.6 Å². The first kappa shape index (κ1) is 24.0. The molecule has 1 aliphatic rings. The Morgan fingerprint density at radius 1 is 1.03 bits per heavy atom. The first-order valence-electron chi connectivity index (χ1n) is 11.2. The maximum Gasteiger partial charge on any atom is 0.244 e. The lowest BCUT2D eigenvalue weighted by Crippen LogP contribution is -2.36. The molecule has 3 aromatic rings. The number of carbonyl (C=O) groups is 1. The quantitative estimate of drug-likeness (QED) is 0.368. The minimum absolute atomic E-state index is 0.00902. The van der Waals surface area contributed by atoms with Crippen LogP contribution in [0.15, 0.2) is 66.7 Å². The van der Waals surface area contributed by atoms with Crippen molar-refractivity contribution >= 4 is 12.0 Å². The number of carbonyl (C=O) groups excluding carboxylic acids is 1. The van der Waals surface area contributed by atoms with Gasteiger partial charge in [-0.05, 0) is 60.0 Å². The zero-order chi connectivity index (χ0) is 24.8. The second-order valence-corrected chi connectivity index (χ2v) is 8.06. The zero-order valence-electron chi connectivity index (χ0n) is 19.2. The number of amides is 1. The number of fused-ring (bicyclic) bond motifs is 1. The van der Waals surface area contributed by atoms with Gasteiger partial charge in [0.05, 0.1) is 13.7 Å². The lowest BCUT2D eigenvalue weighted by Gasteiger charge is -2.33. The number of aliphatic hydroxyl groups excluding tert-OH is 1. The van der Waals surface area contributed by atoms with Crippen molar-refractivity contribution in [3.63, 3.8) is 0 Å². The summed E-state index contributed by atoms with van der Waals surface area (Å²) in [7, 11) is 1.46. The molecule has 8 nitrogen and oxygen atoms in total. The van der Waals surface area contributed by atoms with Crippen LogP contribution in [-0.4, -0.2) is 47.6 Å². The summed E-state index contributed by atoms with van der Waals surface area (Å²) in [5.74, 6) is 1.25. The predicted molar refractivity (Wildman–Crippen MR) is 130 cm³/mol. The van der Waals surface area contributed by atoms with Gasteiger partial charge < -0.3 is 34.8 Å². The molecule has 0 spiro atoms. The van der Waals surface area contributed by atoms with E-state index in [1.807, 2.05) is 12.1 Å². The Morgan fingerprint density at radius 2 is 1.83 bits per heavy atom. The van der Waals surface area contributed by atoms with Gasteiger partial charge in [0.15, 0.2) is 35.2 Å². The molecule has 0 fully saturated rings. The van der Waals surface area contributed by atoms with E-state index in [2.05, 4.69) is 5.32 Å². The fourth-order valence-electron chi connectivity index (χ4n) is 3.77. The van der Waals surface area contributed by atoms with Gasteiger partial charge in [0.25, 0.3) is 0 Å². The number of nitrogens with one attached hydrogen (secondary N) is 1. The van der Waals surface area contributed by atoms with Crippen molar-refractivity contribution in [3.8, 4) is 28.7 Å². The third-order valence-electron chi connectivity index (χ3n) is 5.63. The van der Waals surface area contributed by atoms with Crippen molar-refractivity contribution in [2.75, 3.05) is 20.3 Å². The largest absolute Gasteiger partial charge is 0.508 e. The topological polar surface area (TPSA) is 117 Å². The monoisotopic (exact) mass is 477 g/mol. The molecule has 1 aliphatic heterocycles. The average Bonchev–Trinajstić information content (AvgIpc) is 2.88. The van der Waals surface area contributed by atoms with Crippen molar-refractivity contribution in [3.05, 3.63) is 83.4 Å². The molecular formula is C27H27NO7. The summed E-state index contributed by atoms with van der Waals surface area (Å²) in [6.45, 7) is 0.188. The SMILES string of the molecule is COc1cc([C@@H]2Oc3ccc(C=CC(=O)NCCc4ccc(O)cc4)cc3O[C@H]2CO)ccc1O. The van der Waals surface area contributed by atoms with E-state index >= 15 is 0 Å². The summed E-state index contributed by atoms with van der Waals surface area (Å²) in [6.07, 6.45) is 2.50. The Kier molecular flexibility index (Phi) is 7.42. The molecule has 0 radical (unpaired) electrons. The highest BCUT2D eigenvalue weighted by Crippen LogP contribution is 2.41. The van der Waals surface area contributed by atoms with E-state index in [1.54, 1.807) is 48.5 Å². The predicted octanol–water partition coefficient (Wildman–Crippen LogP) is 3.35. The smallest absolute Gasteiger partial charge is 0.244 e. The Morgan fingerprint density at radius 3 is 2.57 bits per heavy atom. The van der Waals surface area contributed by atoms with Gasteiger partial charge in [0, 0.05) is 18.2 Å². The number of rotatable bonds is 8. The van der Waals surface area contributed by atoms with Crippen LogP contribution in [0.4, 0.5) is 0 Å². The van der Waals surface area contributed by atoms with Crippen LogP contribution in [0.25, 0.3) is 6.08 Å². The third kappa shape index (κ3) is 5.85. The number of benzene rings is 3. The Bertz CT molecular complexity index is 1210. The van der Waals surface area contributed by atoms with Crippen LogP contribution < -0.4 is 19.5 Å². The molecule has 1 amide bonds. The normalized spacial score (nSPS) is 16.7. The van der Waals surface area contributed by atoms with Crippen molar-refractivity contribution < 1.29 is 34.3 Å². The van der Waals surface area contributed by atoms with E-state index < -0.39 is 12.2 Å². The molecule has 182 valence electrons. The molecule has 1 heterocycles. The second-order valence-electron chi connectivity index (χ2n) is 8.06. The number of hydrogen-bond donors (Lipinski definition) is 4. The number of methoxy groups -OCH3 is 1. The van der Waals surface area contributed by atoms with Crippen molar-refractivity contribution in [1.82, 2.24) is 5.32 Å². The molecule has 4 rings (SSSR count). The molecule has 0 aliphatic carbocycles. The first-order valence-corrected chi connectivity index (χ1v) is 11.2. The third-order valence-corrected chi connectivity index (χ3v) is 5.63. The van der Waals surface area contributed by atoms with E-state index in [0.717, 1.165) is 11.1 Å². The number of hydrogen-bond acceptors (Lipinski definition) is 7. The minimum atomic E-state index is -0.667. The molecule has 2 atom stereocenters. The van der Waals surface area contributed by atoms with Gasteiger partial charge in [0.1, 0.15) is 5.75 Å². The fraction of sp³-hybridized carbons (Fsp3) is 0.222. The highest BCUT2D eigenvalue weighted by atomic mass is 16.6. The fourth-order valence-corrected chi connectivity index (χ4v) is 3.77. The number of aromatic hydroxyl groups is 2. The number of phenolic OH excluding ortho intramolecular Hbond substituents is 2. The molecule has 0 bridgehead atoms. The van der Waals surface area contributed by atoms with E-state index in [1.165, 1.54) is 19.3 Å². The van der Waals surface area contributed by atoms with Gasteiger partial charge in [-0.15, -0.1) is 0 Å². The lowest BCUT2D eigenvalue weighted by molar-refractivity contribution is -0.116. The summed E-state index contributed by atoms with van der Waals surface area (Å²) in [6, 6.07) is 17.0. The maximum absolute atomic E-state index is 12.2. The standard InChI is InChI=1S/C27H27NO7/c1-33-23-15-19(6-9-21(23)31)27-25(16-29)34-24-14-18(4-10-22(24)35-27)5-11-26(32)28-13-12-17-2-7-20(30)8-3-17/h2-11,14-15,25,27,29-31H,12-13,16H2,1H3,(H,28,32)/t25-,27-/m0/s1. The second kappa shape index (κ2) is 10.8. The average molecular weight is 478 g/mol. The number of phenols is 2. The van der Waals surface area contributed by atoms with E-state index in [4.69, 9.17) is 14.2 Å². The van der Waals surface area contributed by atoms with Gasteiger partial charge >= 0.3 is 0 Å². The van der Waals surface area contributed by atoms with E-state index in [0.29, 0.717) is 35.8 Å². The van der Waals surface area contributed by atoms with Crippen molar-refractivity contribution in [1.29, 1.82) is 0 Å². The van der Waals surface area contributed by atoms with Crippen LogP contribution in [0.3, 0.4) is 0 Å². The number of ether oxygens (including phenoxy) is 3. The lowest BCUT2D eigenvalue weighted by atomic mass is 10.0. The molecule has 35 heavy (non-hydrogen) atoms. The molecule has 4 N–H and O–H groups in total. The van der Waals surface area contributed by atoms with Crippen LogP contribution in [0.1, 0.15) is 22.8 Å². The van der Waals surface area contributed by atoms with Gasteiger partial charge in [-0.25, -0.2) is 0 Å². The van der Waals surface area contributed by atoms with Crippen LogP contribution in [0.5, 0.6) is 28.7 Å². The highest BCUT2D eigenvalue weighted by molar-refractivity contribution is 5.91. The van der Waals surface area contributed by atoms with Gasteiger partial charge in [-0.3, -0.25) is 4.79 Å². The molecule has 0 aromatic heterocycles. The van der Waals surface area contributed by atoms with Crippen LogP contribution in [0, 0.1) is 0 Å². The zero-order valence-corrected chi connectivity index (χ0v) is 19.2. The Labute approximate surface area is 203 Å². The molecule has 0 unspecified atom stereocenters. The summed E-state index contributed by atoms with van der Waals surface area (Å²) in [5, 5.41) is 31.9. The summed E-state index contributed by atoms with van der Waals surface area (Å²) in [5.41, 5.74) is 2.45. The first-order chi connectivity index (χ1) is 17.0. The number of aliphatic hydroxyl groups is 1. The summed E-state index contributed by atoms with van der Waals surface area (Å²) in [4.78, 5) is 12.2. The summed E-state index contributed by atoms with van der Waals surface area (Å²) < 4.78 is 17.3. The molecule has 0 saturated heterocycles. The molecule has 3 aromatic carbocycles. The maximum atomic E-state index is 12.2. The Balaban J connectivity index is 1.39. The minimum Gasteiger partial charge on any atom is -0.508 e. The molecular weight excluding hydrogens is 450 g/mol. The Hall–Kier alpha value is -4.17. The highest BCUT2D eigenvalue weighted by Gasteiger charge is 2.33. The van der Waals surface area contributed by atoms with Crippen molar-refractivity contribution in [2.24, 2.45) is 0 Å². The van der Waals surface area contributed by atoms with Crippen LogP contribution in [-0.2, 0) is 11.2 Å². The van der Waals surface area contributed by atoms with Crippen LogP contribution >= 0.6 is 0 Å². The van der Waals surface area contributed by atoms with Gasteiger partial charge in [0.2, 0.25) is 5.91 Å². The van der Waals surface area contributed by atoms with Gasteiger partial charge in [-0.1, -0.05) is 24.3 Å². The van der Waals surface area contributed by atoms with Crippen LogP contribution in [0.2, 0.25) is 0 Å². The van der Waals surface area contributed by atoms with Gasteiger partial charge in [-0.2, -0.15) is 0 Å².